The first-order chi connectivity index (χ1) is 6.75. The minimum atomic E-state index is 0.604. The molecule has 2 aromatic rings. The summed E-state index contributed by atoms with van der Waals surface area (Å²) in [5.41, 5.74) is 1.61. The lowest BCUT2D eigenvalue weighted by Gasteiger charge is -1.99. The number of hydrogen-bond donors (Lipinski definition) is 0. The average molecular weight is 206 g/mol. The van der Waals surface area contributed by atoms with E-state index in [1.165, 1.54) is 0 Å². The van der Waals surface area contributed by atoms with Gasteiger partial charge < -0.3 is 0 Å². The smallest absolute Gasteiger partial charge is 0.178 e. The topological polar surface area (TPSA) is 38.7 Å². The number of rotatable bonds is 1. The van der Waals surface area contributed by atoms with Gasteiger partial charge in [0.1, 0.15) is 5.69 Å². The maximum Gasteiger partial charge on any atom is 0.178 e. The number of aryl methyl sites for hydroxylation is 1. The molecule has 0 unspecified atom stereocenters. The third-order valence-corrected chi connectivity index (χ3v) is 1.98. The second-order valence-corrected chi connectivity index (χ2v) is 3.32. The molecule has 0 atom stereocenters. The van der Waals surface area contributed by atoms with Gasteiger partial charge in [0.2, 0.25) is 0 Å². The normalized spacial score (nSPS) is 10.1. The molecule has 0 saturated carbocycles. The van der Waals surface area contributed by atoms with Crippen LogP contribution in [0.5, 0.6) is 0 Å². The Morgan fingerprint density at radius 3 is 2.64 bits per heavy atom. The highest BCUT2D eigenvalue weighted by Gasteiger charge is 2.02. The Labute approximate surface area is 86.8 Å². The van der Waals surface area contributed by atoms with E-state index in [-0.39, 0.29) is 0 Å². The molecule has 0 saturated heterocycles. The maximum absolute atomic E-state index is 5.84. The van der Waals surface area contributed by atoms with E-state index in [1.807, 2.05) is 13.0 Å². The molecule has 0 N–H and O–H groups in total. The van der Waals surface area contributed by atoms with Gasteiger partial charge in [-0.15, -0.1) is 0 Å². The van der Waals surface area contributed by atoms with Crippen molar-refractivity contribution in [3.05, 3.63) is 41.3 Å². The molecule has 4 heteroatoms. The second kappa shape index (κ2) is 3.72. The van der Waals surface area contributed by atoms with Crippen LogP contribution < -0.4 is 0 Å². The van der Waals surface area contributed by atoms with Gasteiger partial charge in [0.25, 0.3) is 0 Å². The first-order valence-corrected chi connectivity index (χ1v) is 4.55. The number of aromatic nitrogens is 3. The minimum Gasteiger partial charge on any atom is -0.253 e. The highest BCUT2D eigenvalue weighted by atomic mass is 35.5. The zero-order chi connectivity index (χ0) is 9.97. The predicted molar refractivity (Wildman–Crippen MR) is 55.0 cm³/mol. The standard InChI is InChI=1S/C10H8ClN3/c1-7-2-4-13-10(14-7)9-6-8(11)3-5-12-9/h2-6H,1H3. The molecule has 0 amide bonds. The van der Waals surface area contributed by atoms with Crippen LogP contribution in [0.15, 0.2) is 30.6 Å². The van der Waals surface area contributed by atoms with Gasteiger partial charge in [-0.3, -0.25) is 4.98 Å². The van der Waals surface area contributed by atoms with Crippen molar-refractivity contribution in [1.29, 1.82) is 0 Å². The van der Waals surface area contributed by atoms with Crippen molar-refractivity contribution in [2.24, 2.45) is 0 Å². The van der Waals surface area contributed by atoms with Crippen molar-refractivity contribution < 1.29 is 0 Å². The van der Waals surface area contributed by atoms with Crippen molar-refractivity contribution >= 4 is 11.6 Å². The van der Waals surface area contributed by atoms with Gasteiger partial charge in [-0.05, 0) is 25.1 Å². The van der Waals surface area contributed by atoms with Crippen LogP contribution in [-0.2, 0) is 0 Å². The summed E-state index contributed by atoms with van der Waals surface area (Å²) in [6, 6.07) is 5.31. The van der Waals surface area contributed by atoms with Gasteiger partial charge in [0.15, 0.2) is 5.82 Å². The molecule has 2 rings (SSSR count). The summed E-state index contributed by atoms with van der Waals surface area (Å²) in [6.45, 7) is 1.91. The Kier molecular flexibility index (Phi) is 2.41. The lowest BCUT2D eigenvalue weighted by Crippen LogP contribution is -1.92. The van der Waals surface area contributed by atoms with E-state index >= 15 is 0 Å². The predicted octanol–water partition coefficient (Wildman–Crippen LogP) is 2.50. The highest BCUT2D eigenvalue weighted by molar-refractivity contribution is 6.30. The summed E-state index contributed by atoms with van der Waals surface area (Å²) in [5, 5.41) is 0.639. The van der Waals surface area contributed by atoms with Gasteiger partial charge in [-0.2, -0.15) is 0 Å². The van der Waals surface area contributed by atoms with Gasteiger partial charge in [0, 0.05) is 23.1 Å². The summed E-state index contributed by atoms with van der Waals surface area (Å²) >= 11 is 5.84. The summed E-state index contributed by atoms with van der Waals surface area (Å²) in [4.78, 5) is 12.5. The largest absolute Gasteiger partial charge is 0.253 e. The maximum atomic E-state index is 5.84. The second-order valence-electron chi connectivity index (χ2n) is 2.88. The molecule has 70 valence electrons. The molecular weight excluding hydrogens is 198 g/mol. The van der Waals surface area contributed by atoms with E-state index in [1.54, 1.807) is 24.5 Å². The zero-order valence-corrected chi connectivity index (χ0v) is 8.36. The van der Waals surface area contributed by atoms with E-state index in [2.05, 4.69) is 15.0 Å². The van der Waals surface area contributed by atoms with Crippen LogP contribution in [0.3, 0.4) is 0 Å². The highest BCUT2D eigenvalue weighted by Crippen LogP contribution is 2.15. The first-order valence-electron chi connectivity index (χ1n) is 4.17. The summed E-state index contributed by atoms with van der Waals surface area (Å²) in [6.07, 6.45) is 3.35. The molecule has 3 nitrogen and oxygen atoms in total. The lowest BCUT2D eigenvalue weighted by atomic mass is 10.3. The fourth-order valence-corrected chi connectivity index (χ4v) is 1.26. The van der Waals surface area contributed by atoms with Gasteiger partial charge in [-0.25, -0.2) is 9.97 Å². The molecule has 0 fully saturated rings. The van der Waals surface area contributed by atoms with Crippen LogP contribution >= 0.6 is 11.6 Å². The average Bonchev–Trinajstić information content (AvgIpc) is 2.18. The Bertz CT molecular complexity index is 413. The van der Waals surface area contributed by atoms with Crippen molar-refractivity contribution in [3.8, 4) is 11.5 Å². The molecule has 0 spiro atoms. The number of hydrogen-bond acceptors (Lipinski definition) is 3. The SMILES string of the molecule is Cc1ccnc(-c2cc(Cl)ccn2)n1. The van der Waals surface area contributed by atoms with Crippen molar-refractivity contribution in [2.45, 2.75) is 6.92 Å². The molecule has 0 aliphatic heterocycles. The quantitative estimate of drug-likeness (QED) is 0.718. The van der Waals surface area contributed by atoms with Crippen molar-refractivity contribution in [2.75, 3.05) is 0 Å². The lowest BCUT2D eigenvalue weighted by molar-refractivity contribution is 1.09. The van der Waals surface area contributed by atoms with Crippen molar-refractivity contribution in [3.63, 3.8) is 0 Å². The Morgan fingerprint density at radius 1 is 1.14 bits per heavy atom. The van der Waals surface area contributed by atoms with Crippen LogP contribution in [0.25, 0.3) is 11.5 Å². The molecule has 14 heavy (non-hydrogen) atoms. The minimum absolute atomic E-state index is 0.604. The summed E-state index contributed by atoms with van der Waals surface area (Å²) in [7, 11) is 0. The summed E-state index contributed by atoms with van der Waals surface area (Å²) < 4.78 is 0. The molecule has 2 aromatic heterocycles. The number of halogens is 1. The summed E-state index contributed by atoms with van der Waals surface area (Å²) in [5.74, 6) is 0.604. The fraction of sp³-hybridized carbons (Fsp3) is 0.100. The first kappa shape index (κ1) is 9.09. The Balaban J connectivity index is 2.49. The van der Waals surface area contributed by atoms with Crippen LogP contribution in [-0.4, -0.2) is 15.0 Å². The molecule has 0 aromatic carbocycles. The van der Waals surface area contributed by atoms with E-state index in [0.29, 0.717) is 16.5 Å². The molecule has 0 radical (unpaired) electrons. The van der Waals surface area contributed by atoms with Crippen LogP contribution in [0.4, 0.5) is 0 Å². The van der Waals surface area contributed by atoms with Crippen molar-refractivity contribution in [1.82, 2.24) is 15.0 Å². The molecule has 0 aliphatic rings. The molecular formula is C10H8ClN3. The van der Waals surface area contributed by atoms with Gasteiger partial charge in [0.05, 0.1) is 0 Å². The van der Waals surface area contributed by atoms with Crippen LogP contribution in [0, 0.1) is 6.92 Å². The Morgan fingerprint density at radius 2 is 1.93 bits per heavy atom. The van der Waals surface area contributed by atoms with Gasteiger partial charge in [-0.1, -0.05) is 11.6 Å². The molecule has 2 heterocycles. The molecule has 0 bridgehead atoms. The van der Waals surface area contributed by atoms with E-state index < -0.39 is 0 Å². The van der Waals surface area contributed by atoms with Crippen LogP contribution in [0.1, 0.15) is 5.69 Å². The third kappa shape index (κ3) is 1.88. The zero-order valence-electron chi connectivity index (χ0n) is 7.61. The van der Waals surface area contributed by atoms with Crippen LogP contribution in [0.2, 0.25) is 5.02 Å². The fourth-order valence-electron chi connectivity index (χ4n) is 1.10. The van der Waals surface area contributed by atoms with E-state index in [9.17, 15) is 0 Å². The van der Waals surface area contributed by atoms with Gasteiger partial charge >= 0.3 is 0 Å². The molecule has 0 aliphatic carbocycles. The monoisotopic (exact) mass is 205 g/mol. The van der Waals surface area contributed by atoms with E-state index in [0.717, 1.165) is 5.69 Å². The number of nitrogens with zero attached hydrogens (tertiary/aromatic N) is 3. The third-order valence-electron chi connectivity index (χ3n) is 1.75. The van der Waals surface area contributed by atoms with E-state index in [4.69, 9.17) is 11.6 Å². The Hall–Kier alpha value is -1.48. The number of pyridine rings is 1.